The quantitative estimate of drug-likeness (QED) is 0.317. The van der Waals surface area contributed by atoms with E-state index in [4.69, 9.17) is 8.83 Å². The molecule has 0 fully saturated rings. The van der Waals surface area contributed by atoms with Crippen LogP contribution in [0.5, 0.6) is 0 Å². The second kappa shape index (κ2) is 6.86. The fourth-order valence-corrected chi connectivity index (χ4v) is 10.2. The molecule has 0 saturated heterocycles. The van der Waals surface area contributed by atoms with Crippen molar-refractivity contribution in [2.24, 2.45) is 0 Å². The highest BCUT2D eigenvalue weighted by molar-refractivity contribution is 6.84. The van der Waals surface area contributed by atoms with Crippen molar-refractivity contribution in [3.05, 3.63) is 119 Å². The molecule has 0 N–H and O–H groups in total. The van der Waals surface area contributed by atoms with E-state index >= 15 is 0 Å². The van der Waals surface area contributed by atoms with Crippen LogP contribution < -0.4 is 0 Å². The Morgan fingerprint density at radius 2 is 1.03 bits per heavy atom. The van der Waals surface area contributed by atoms with Gasteiger partial charge in [0.2, 0.25) is 0 Å². The molecule has 6 rings (SSSR count). The molecule has 2 heterocycles. The van der Waals surface area contributed by atoms with Crippen LogP contribution in [-0.4, -0.2) is 8.07 Å². The van der Waals surface area contributed by atoms with Crippen LogP contribution in [0.3, 0.4) is 0 Å². The molecule has 0 amide bonds. The van der Waals surface area contributed by atoms with Gasteiger partial charge in [0.1, 0.15) is 11.5 Å². The topological polar surface area (TPSA) is 26.3 Å². The Hall–Kier alpha value is -3.30. The van der Waals surface area contributed by atoms with Gasteiger partial charge < -0.3 is 8.83 Å². The Bertz CT molecular complexity index is 1210. The van der Waals surface area contributed by atoms with E-state index in [1.807, 2.05) is 12.1 Å². The maximum absolute atomic E-state index is 5.93. The van der Waals surface area contributed by atoms with Crippen molar-refractivity contribution in [2.75, 3.05) is 0 Å². The Labute approximate surface area is 183 Å². The molecule has 2 aliphatic rings. The summed E-state index contributed by atoms with van der Waals surface area (Å²) < 4.78 is 11.9. The van der Waals surface area contributed by atoms with E-state index in [0.29, 0.717) is 11.1 Å². The van der Waals surface area contributed by atoms with Gasteiger partial charge in [0, 0.05) is 22.2 Å². The Morgan fingerprint density at radius 3 is 1.45 bits per heavy atom. The lowest BCUT2D eigenvalue weighted by Crippen LogP contribution is -2.42. The third-order valence-electron chi connectivity index (χ3n) is 6.96. The molecule has 2 nitrogen and oxygen atoms in total. The Morgan fingerprint density at radius 1 is 0.581 bits per heavy atom. The first-order valence-corrected chi connectivity index (χ1v) is 14.0. The summed E-state index contributed by atoms with van der Waals surface area (Å²) >= 11 is 0. The van der Waals surface area contributed by atoms with Gasteiger partial charge in [-0.2, -0.15) is 0 Å². The zero-order chi connectivity index (χ0) is 21.0. The standard InChI is InChI=1S/C28H24O2Si/c1-31(2,27-21-11-5-3-9-19(21)17-23(27)25-13-7-15-29-25)28-22-12-6-4-10-20(22)18-24(28)26-14-8-16-30-26/h3-18,27-28H,1-2H3. The minimum absolute atomic E-state index is 0.337. The minimum atomic E-state index is -2.03. The summed E-state index contributed by atoms with van der Waals surface area (Å²) in [7, 11) is -2.03. The summed E-state index contributed by atoms with van der Waals surface area (Å²) in [6.45, 7) is 5.06. The van der Waals surface area contributed by atoms with Crippen LogP contribution in [0, 0.1) is 0 Å². The minimum Gasteiger partial charge on any atom is -0.465 e. The van der Waals surface area contributed by atoms with Gasteiger partial charge in [-0.15, -0.1) is 0 Å². The highest BCUT2D eigenvalue weighted by Gasteiger charge is 2.49. The zero-order valence-electron chi connectivity index (χ0n) is 17.7. The summed E-state index contributed by atoms with van der Waals surface area (Å²) in [5, 5.41) is 0. The SMILES string of the molecule is C[Si](C)(C1C(c2ccco2)=Cc2ccccc21)C1C(c2ccco2)=Cc2ccccc21. The van der Waals surface area contributed by atoms with Crippen LogP contribution in [0.1, 0.15) is 44.9 Å². The van der Waals surface area contributed by atoms with Gasteiger partial charge in [-0.25, -0.2) is 0 Å². The van der Waals surface area contributed by atoms with Gasteiger partial charge in [0.05, 0.1) is 20.6 Å². The Balaban J connectivity index is 1.55. The second-order valence-electron chi connectivity index (χ2n) is 9.10. The Kier molecular flexibility index (Phi) is 4.09. The fraction of sp³-hybridized carbons (Fsp3) is 0.143. The normalized spacial score (nSPS) is 19.7. The van der Waals surface area contributed by atoms with Gasteiger partial charge in [-0.3, -0.25) is 0 Å². The molecule has 31 heavy (non-hydrogen) atoms. The summed E-state index contributed by atoms with van der Waals surface area (Å²) in [6, 6.07) is 25.8. The molecule has 0 saturated carbocycles. The number of fused-ring (bicyclic) bond motifs is 2. The molecule has 0 bridgehead atoms. The van der Waals surface area contributed by atoms with Crippen LogP contribution in [0.4, 0.5) is 0 Å². The van der Waals surface area contributed by atoms with Crippen LogP contribution in [0.25, 0.3) is 23.3 Å². The van der Waals surface area contributed by atoms with E-state index in [2.05, 4.69) is 85.9 Å². The van der Waals surface area contributed by atoms with Crippen molar-refractivity contribution in [3.8, 4) is 0 Å². The second-order valence-corrected chi connectivity index (χ2v) is 13.9. The molecule has 2 atom stereocenters. The zero-order valence-corrected chi connectivity index (χ0v) is 18.7. The first-order valence-electron chi connectivity index (χ1n) is 10.8. The highest BCUT2D eigenvalue weighted by Crippen LogP contribution is 2.56. The third kappa shape index (κ3) is 2.77. The van der Waals surface area contributed by atoms with Gasteiger partial charge in [-0.1, -0.05) is 61.6 Å². The number of allylic oxidation sites excluding steroid dienone is 2. The molecular weight excluding hydrogens is 396 g/mol. The van der Waals surface area contributed by atoms with Crippen molar-refractivity contribution in [3.63, 3.8) is 0 Å². The average molecular weight is 421 g/mol. The van der Waals surface area contributed by atoms with E-state index in [1.165, 1.54) is 33.4 Å². The smallest absolute Gasteiger partial charge is 0.130 e. The van der Waals surface area contributed by atoms with Gasteiger partial charge in [0.15, 0.2) is 0 Å². The molecule has 0 aliphatic heterocycles. The molecule has 4 aromatic rings. The van der Waals surface area contributed by atoms with E-state index in [1.54, 1.807) is 12.5 Å². The number of benzene rings is 2. The summed E-state index contributed by atoms with van der Waals surface area (Å²) in [5.74, 6) is 1.97. The predicted molar refractivity (Wildman–Crippen MR) is 129 cm³/mol. The van der Waals surface area contributed by atoms with Crippen molar-refractivity contribution in [1.29, 1.82) is 0 Å². The summed E-state index contributed by atoms with van der Waals surface area (Å²) in [6.07, 6.45) is 8.24. The summed E-state index contributed by atoms with van der Waals surface area (Å²) in [5.41, 5.74) is 8.77. The van der Waals surface area contributed by atoms with Crippen LogP contribution in [0.15, 0.2) is 94.2 Å². The molecule has 152 valence electrons. The van der Waals surface area contributed by atoms with Crippen LogP contribution >= 0.6 is 0 Å². The number of hydrogen-bond donors (Lipinski definition) is 0. The lowest BCUT2D eigenvalue weighted by Gasteiger charge is -2.39. The first kappa shape index (κ1) is 18.5. The van der Waals surface area contributed by atoms with Crippen LogP contribution in [0.2, 0.25) is 13.1 Å². The molecule has 2 unspecified atom stereocenters. The third-order valence-corrected chi connectivity index (χ3v) is 11.2. The number of hydrogen-bond acceptors (Lipinski definition) is 2. The highest BCUT2D eigenvalue weighted by atomic mass is 28.3. The average Bonchev–Trinajstić information content (AvgIpc) is 3.57. The number of furan rings is 2. The van der Waals surface area contributed by atoms with Gasteiger partial charge in [0.25, 0.3) is 0 Å². The van der Waals surface area contributed by atoms with Gasteiger partial charge >= 0.3 is 0 Å². The first-order chi connectivity index (χ1) is 15.1. The monoisotopic (exact) mass is 420 g/mol. The fourth-order valence-electron chi connectivity index (χ4n) is 5.73. The van der Waals surface area contributed by atoms with Crippen molar-refractivity contribution >= 4 is 31.4 Å². The molecule has 2 aliphatic carbocycles. The van der Waals surface area contributed by atoms with Crippen LogP contribution in [-0.2, 0) is 0 Å². The predicted octanol–water partition coefficient (Wildman–Crippen LogP) is 7.64. The molecular formula is C28H24O2Si. The lowest BCUT2D eigenvalue weighted by atomic mass is 10.1. The van der Waals surface area contributed by atoms with E-state index in [-0.39, 0.29) is 0 Å². The van der Waals surface area contributed by atoms with Crippen molar-refractivity contribution < 1.29 is 8.83 Å². The van der Waals surface area contributed by atoms with E-state index in [9.17, 15) is 0 Å². The molecule has 0 spiro atoms. The van der Waals surface area contributed by atoms with E-state index < -0.39 is 8.07 Å². The largest absolute Gasteiger partial charge is 0.465 e. The molecule has 2 aromatic heterocycles. The lowest BCUT2D eigenvalue weighted by molar-refractivity contribution is 0.550. The van der Waals surface area contributed by atoms with E-state index in [0.717, 1.165) is 11.5 Å². The maximum Gasteiger partial charge on any atom is 0.130 e. The molecule has 2 aromatic carbocycles. The van der Waals surface area contributed by atoms with Gasteiger partial charge in [-0.05, 0) is 58.7 Å². The maximum atomic E-state index is 5.93. The molecule has 0 radical (unpaired) electrons. The number of rotatable bonds is 4. The van der Waals surface area contributed by atoms with Crippen molar-refractivity contribution in [2.45, 2.75) is 24.2 Å². The summed E-state index contributed by atoms with van der Waals surface area (Å²) in [4.78, 5) is 0. The molecule has 3 heteroatoms. The van der Waals surface area contributed by atoms with Crippen molar-refractivity contribution in [1.82, 2.24) is 0 Å².